The number of ether oxygens (including phenoxy) is 2. The molecule has 1 heterocycles. The lowest BCUT2D eigenvalue weighted by Gasteiger charge is -2.29. The fraction of sp³-hybridized carbons (Fsp3) is 0.435. The first-order chi connectivity index (χ1) is 14.3. The largest absolute Gasteiger partial charge is 0.454 e. The summed E-state index contributed by atoms with van der Waals surface area (Å²) in [7, 11) is 0. The van der Waals surface area contributed by atoms with Gasteiger partial charge in [0.15, 0.2) is 17.5 Å². The predicted molar refractivity (Wildman–Crippen MR) is 116 cm³/mol. The maximum atomic E-state index is 5.90. The zero-order valence-electron chi connectivity index (χ0n) is 16.8. The number of hydrogen-bond donors (Lipinski definition) is 3. The molecule has 4 rings (SSSR count). The Bertz CT molecular complexity index is 825. The summed E-state index contributed by atoms with van der Waals surface area (Å²) in [6.07, 6.45) is 4.99. The van der Waals surface area contributed by atoms with E-state index >= 15 is 0 Å². The Labute approximate surface area is 172 Å². The number of aliphatic imine (C=N–C) groups is 1. The Morgan fingerprint density at radius 3 is 2.72 bits per heavy atom. The van der Waals surface area contributed by atoms with Gasteiger partial charge in [0.25, 0.3) is 0 Å². The maximum Gasteiger partial charge on any atom is 0.231 e. The normalized spacial score (nSPS) is 21.1. The second-order valence-electron chi connectivity index (χ2n) is 7.86. The van der Waals surface area contributed by atoms with Crippen LogP contribution in [0.25, 0.3) is 0 Å². The van der Waals surface area contributed by atoms with Gasteiger partial charge in [-0.25, -0.2) is 4.99 Å². The summed E-state index contributed by atoms with van der Waals surface area (Å²) in [6.45, 7) is 2.56. The first kappa shape index (κ1) is 19.6. The second kappa shape index (κ2) is 9.65. The van der Waals surface area contributed by atoms with E-state index in [4.69, 9.17) is 20.2 Å². The fourth-order valence-corrected chi connectivity index (χ4v) is 4.05. The number of fused-ring (bicyclic) bond motifs is 1. The van der Waals surface area contributed by atoms with Crippen LogP contribution in [0.4, 0.5) is 5.69 Å². The van der Waals surface area contributed by atoms with Gasteiger partial charge in [0, 0.05) is 12.2 Å². The molecule has 4 N–H and O–H groups in total. The van der Waals surface area contributed by atoms with Crippen LogP contribution in [-0.2, 0) is 6.54 Å². The summed E-state index contributed by atoms with van der Waals surface area (Å²) >= 11 is 0. The molecule has 154 valence electrons. The molecule has 0 saturated heterocycles. The first-order valence-electron chi connectivity index (χ1n) is 10.5. The van der Waals surface area contributed by atoms with Gasteiger partial charge in [-0.15, -0.1) is 0 Å². The molecule has 6 nitrogen and oxygen atoms in total. The molecule has 2 aliphatic rings. The van der Waals surface area contributed by atoms with Crippen LogP contribution in [0.1, 0.15) is 31.2 Å². The molecule has 6 heteroatoms. The number of nitrogens with two attached hydrogens (primary N) is 1. The van der Waals surface area contributed by atoms with Crippen molar-refractivity contribution in [3.63, 3.8) is 0 Å². The first-order valence-corrected chi connectivity index (χ1v) is 10.5. The molecule has 0 spiro atoms. The zero-order valence-corrected chi connectivity index (χ0v) is 16.8. The number of guanidine groups is 1. The Kier molecular flexibility index (Phi) is 6.52. The molecule has 2 aromatic rings. The lowest BCUT2D eigenvalue weighted by Crippen LogP contribution is -2.37. The quantitative estimate of drug-likeness (QED) is 0.514. The van der Waals surface area contributed by atoms with E-state index in [0.717, 1.165) is 41.8 Å². The zero-order chi connectivity index (χ0) is 19.9. The number of anilines is 1. The van der Waals surface area contributed by atoms with Crippen molar-refractivity contribution in [3.05, 3.63) is 54.1 Å². The van der Waals surface area contributed by atoms with Gasteiger partial charge in [-0.3, -0.25) is 0 Å². The summed E-state index contributed by atoms with van der Waals surface area (Å²) < 4.78 is 10.9. The molecular formula is C23H30N4O2. The van der Waals surface area contributed by atoms with E-state index in [1.54, 1.807) is 0 Å². The average molecular weight is 395 g/mol. The van der Waals surface area contributed by atoms with Crippen LogP contribution >= 0.6 is 0 Å². The SMILES string of the molecule is NCC1CCCC(CNC(=NCc2ccc3c(c2)OCO3)Nc2ccccc2)C1. The highest BCUT2D eigenvalue weighted by molar-refractivity contribution is 5.93. The topological polar surface area (TPSA) is 80.9 Å². The van der Waals surface area contributed by atoms with E-state index in [-0.39, 0.29) is 6.79 Å². The second-order valence-corrected chi connectivity index (χ2v) is 7.86. The van der Waals surface area contributed by atoms with Crippen molar-refractivity contribution in [2.24, 2.45) is 22.6 Å². The lowest BCUT2D eigenvalue weighted by molar-refractivity contribution is 0.174. The molecule has 2 atom stereocenters. The van der Waals surface area contributed by atoms with Crippen LogP contribution in [0.15, 0.2) is 53.5 Å². The predicted octanol–water partition coefficient (Wildman–Crippen LogP) is 3.74. The van der Waals surface area contributed by atoms with Gasteiger partial charge in [0.2, 0.25) is 6.79 Å². The Hall–Kier alpha value is -2.73. The molecule has 1 fully saturated rings. The average Bonchev–Trinajstić information content (AvgIpc) is 3.24. The minimum atomic E-state index is 0.287. The van der Waals surface area contributed by atoms with Gasteiger partial charge >= 0.3 is 0 Å². The van der Waals surface area contributed by atoms with Crippen LogP contribution in [0.2, 0.25) is 0 Å². The Balaban J connectivity index is 1.42. The molecule has 2 aromatic carbocycles. The molecule has 0 radical (unpaired) electrons. The number of benzene rings is 2. The number of nitrogens with one attached hydrogen (secondary N) is 2. The third kappa shape index (κ3) is 5.41. The summed E-state index contributed by atoms with van der Waals surface area (Å²) in [6, 6.07) is 16.1. The molecule has 1 saturated carbocycles. The number of rotatable bonds is 6. The third-order valence-corrected chi connectivity index (χ3v) is 5.68. The van der Waals surface area contributed by atoms with Crippen LogP contribution in [0, 0.1) is 11.8 Å². The Morgan fingerprint density at radius 1 is 1.03 bits per heavy atom. The van der Waals surface area contributed by atoms with Crippen molar-refractivity contribution in [2.45, 2.75) is 32.2 Å². The van der Waals surface area contributed by atoms with E-state index in [1.165, 1.54) is 25.7 Å². The van der Waals surface area contributed by atoms with Gasteiger partial charge in [-0.1, -0.05) is 30.7 Å². The molecule has 0 bridgehead atoms. The van der Waals surface area contributed by atoms with Crippen LogP contribution in [0.3, 0.4) is 0 Å². The van der Waals surface area contributed by atoms with Gasteiger partial charge in [0.05, 0.1) is 6.54 Å². The van der Waals surface area contributed by atoms with Crippen molar-refractivity contribution in [3.8, 4) is 11.5 Å². The van der Waals surface area contributed by atoms with Gasteiger partial charge in [0.1, 0.15) is 0 Å². The maximum absolute atomic E-state index is 5.90. The van der Waals surface area contributed by atoms with Crippen molar-refractivity contribution < 1.29 is 9.47 Å². The number of hydrogen-bond acceptors (Lipinski definition) is 4. The minimum absolute atomic E-state index is 0.287. The molecule has 1 aliphatic heterocycles. The van der Waals surface area contributed by atoms with E-state index in [9.17, 15) is 0 Å². The number of nitrogens with zero attached hydrogens (tertiary/aromatic N) is 1. The van der Waals surface area contributed by atoms with Gasteiger partial charge in [-0.2, -0.15) is 0 Å². The molecular weight excluding hydrogens is 364 g/mol. The monoisotopic (exact) mass is 394 g/mol. The van der Waals surface area contributed by atoms with Crippen LogP contribution < -0.4 is 25.8 Å². The van der Waals surface area contributed by atoms with Crippen LogP contribution in [-0.4, -0.2) is 25.8 Å². The molecule has 2 unspecified atom stereocenters. The van der Waals surface area contributed by atoms with Crippen molar-refractivity contribution in [1.82, 2.24) is 5.32 Å². The van der Waals surface area contributed by atoms with E-state index in [0.29, 0.717) is 18.4 Å². The molecule has 29 heavy (non-hydrogen) atoms. The lowest BCUT2D eigenvalue weighted by atomic mass is 9.81. The molecule has 1 aliphatic carbocycles. The van der Waals surface area contributed by atoms with Crippen molar-refractivity contribution in [1.29, 1.82) is 0 Å². The smallest absolute Gasteiger partial charge is 0.231 e. The third-order valence-electron chi connectivity index (χ3n) is 5.68. The minimum Gasteiger partial charge on any atom is -0.454 e. The van der Waals surface area contributed by atoms with E-state index in [1.807, 2.05) is 48.5 Å². The van der Waals surface area contributed by atoms with Crippen molar-refractivity contribution >= 4 is 11.6 Å². The summed E-state index contributed by atoms with van der Waals surface area (Å²) in [4.78, 5) is 4.81. The summed E-state index contributed by atoms with van der Waals surface area (Å²) in [5, 5.41) is 6.97. The highest BCUT2D eigenvalue weighted by Gasteiger charge is 2.21. The highest BCUT2D eigenvalue weighted by Crippen LogP contribution is 2.32. The van der Waals surface area contributed by atoms with Gasteiger partial charge < -0.3 is 25.8 Å². The van der Waals surface area contributed by atoms with E-state index in [2.05, 4.69) is 10.6 Å². The van der Waals surface area contributed by atoms with E-state index < -0.39 is 0 Å². The Morgan fingerprint density at radius 2 is 1.86 bits per heavy atom. The van der Waals surface area contributed by atoms with Crippen molar-refractivity contribution in [2.75, 3.05) is 25.2 Å². The van der Waals surface area contributed by atoms with Gasteiger partial charge in [-0.05, 0) is 67.5 Å². The number of para-hydroxylation sites is 1. The highest BCUT2D eigenvalue weighted by atomic mass is 16.7. The van der Waals surface area contributed by atoms with Crippen LogP contribution in [0.5, 0.6) is 11.5 Å². The molecule has 0 amide bonds. The summed E-state index contributed by atoms with van der Waals surface area (Å²) in [5.41, 5.74) is 8.01. The summed E-state index contributed by atoms with van der Waals surface area (Å²) in [5.74, 6) is 3.68. The fourth-order valence-electron chi connectivity index (χ4n) is 4.05. The molecule has 0 aromatic heterocycles. The standard InChI is InChI=1S/C23H30N4O2/c24-13-17-5-4-6-18(11-17)14-25-23(27-20-7-2-1-3-8-20)26-15-19-9-10-21-22(12-19)29-16-28-21/h1-3,7-10,12,17-18H,4-6,11,13-16,24H2,(H2,25,26,27).